The van der Waals surface area contributed by atoms with E-state index in [-0.39, 0.29) is 11.8 Å². The van der Waals surface area contributed by atoms with Gasteiger partial charge in [0.1, 0.15) is 5.56 Å². The Labute approximate surface area is 77.9 Å². The van der Waals surface area contributed by atoms with Crippen LogP contribution in [0.4, 0.5) is 5.69 Å². The van der Waals surface area contributed by atoms with E-state index in [1.807, 2.05) is 0 Å². The van der Waals surface area contributed by atoms with Crippen LogP contribution in [0, 0.1) is 10.1 Å². The van der Waals surface area contributed by atoms with Crippen molar-refractivity contribution in [1.29, 1.82) is 0 Å². The molecule has 72 valence electrons. The summed E-state index contributed by atoms with van der Waals surface area (Å²) in [4.78, 5) is 30.6. The molecule has 6 nitrogen and oxygen atoms in total. The van der Waals surface area contributed by atoms with E-state index in [0.29, 0.717) is 0 Å². The first-order valence-corrected chi connectivity index (χ1v) is 3.53. The van der Waals surface area contributed by atoms with Crippen molar-refractivity contribution in [3.8, 4) is 0 Å². The zero-order chi connectivity index (χ0) is 10.7. The normalized spacial score (nSPS) is 9.43. The Kier molecular flexibility index (Phi) is 2.57. The van der Waals surface area contributed by atoms with Gasteiger partial charge in [0.25, 0.3) is 5.69 Å². The van der Waals surface area contributed by atoms with Crippen LogP contribution in [-0.4, -0.2) is 22.3 Å². The van der Waals surface area contributed by atoms with Crippen LogP contribution in [0.1, 0.15) is 20.7 Å². The van der Waals surface area contributed by atoms with Gasteiger partial charge in [0.05, 0.1) is 10.5 Å². The standard InChI is InChI=1S/C8H5NO5/c10-4-5-2-1-3-6(8(11)12)7(5)9(13)14/h1-4H,(H,11,12). The minimum absolute atomic E-state index is 0.241. The Morgan fingerprint density at radius 1 is 1.50 bits per heavy atom. The first kappa shape index (κ1) is 9.85. The molecule has 1 aromatic rings. The second-order valence-corrected chi connectivity index (χ2v) is 2.42. The fourth-order valence-corrected chi connectivity index (χ4v) is 1.03. The summed E-state index contributed by atoms with van der Waals surface area (Å²) in [5, 5.41) is 19.1. The number of hydrogen-bond donors (Lipinski definition) is 1. The Morgan fingerprint density at radius 2 is 2.14 bits per heavy atom. The number of carbonyl (C=O) groups excluding carboxylic acids is 1. The second-order valence-electron chi connectivity index (χ2n) is 2.42. The number of nitro benzene ring substituents is 1. The third-order valence-electron chi connectivity index (χ3n) is 1.61. The first-order chi connectivity index (χ1) is 6.57. The van der Waals surface area contributed by atoms with E-state index in [1.165, 1.54) is 12.1 Å². The summed E-state index contributed by atoms with van der Waals surface area (Å²) in [7, 11) is 0. The number of carboxylic acid groups (broad SMARTS) is 1. The Bertz CT molecular complexity index is 412. The third kappa shape index (κ3) is 1.58. The fraction of sp³-hybridized carbons (Fsp3) is 0. The Hall–Kier alpha value is -2.24. The van der Waals surface area contributed by atoms with Gasteiger partial charge in [0.15, 0.2) is 6.29 Å². The van der Waals surface area contributed by atoms with E-state index in [2.05, 4.69) is 0 Å². The summed E-state index contributed by atoms with van der Waals surface area (Å²) < 4.78 is 0. The van der Waals surface area contributed by atoms with Gasteiger partial charge in [-0.2, -0.15) is 0 Å². The van der Waals surface area contributed by atoms with Crippen LogP contribution >= 0.6 is 0 Å². The van der Waals surface area contributed by atoms with E-state index in [4.69, 9.17) is 5.11 Å². The average molecular weight is 195 g/mol. The lowest BCUT2D eigenvalue weighted by molar-refractivity contribution is -0.385. The molecule has 14 heavy (non-hydrogen) atoms. The van der Waals surface area contributed by atoms with Gasteiger partial charge < -0.3 is 5.11 Å². The quantitative estimate of drug-likeness (QED) is 0.442. The van der Waals surface area contributed by atoms with Crippen molar-refractivity contribution in [2.24, 2.45) is 0 Å². The van der Waals surface area contributed by atoms with Crippen LogP contribution in [0.15, 0.2) is 18.2 Å². The van der Waals surface area contributed by atoms with Crippen LogP contribution in [0.3, 0.4) is 0 Å². The van der Waals surface area contributed by atoms with E-state index < -0.39 is 22.1 Å². The second kappa shape index (κ2) is 3.65. The maximum Gasteiger partial charge on any atom is 0.342 e. The number of nitrogens with zero attached hydrogens (tertiary/aromatic N) is 1. The molecule has 1 N–H and O–H groups in total. The van der Waals surface area contributed by atoms with Crippen LogP contribution in [0.25, 0.3) is 0 Å². The van der Waals surface area contributed by atoms with Gasteiger partial charge in [-0.25, -0.2) is 4.79 Å². The lowest BCUT2D eigenvalue weighted by Crippen LogP contribution is -2.05. The number of benzene rings is 1. The molecule has 0 fully saturated rings. The molecule has 0 heterocycles. The summed E-state index contributed by atoms with van der Waals surface area (Å²) >= 11 is 0. The van der Waals surface area contributed by atoms with Crippen molar-refractivity contribution >= 4 is 17.9 Å². The van der Waals surface area contributed by atoms with Crippen LogP contribution < -0.4 is 0 Å². The molecule has 1 aromatic carbocycles. The zero-order valence-corrected chi connectivity index (χ0v) is 6.84. The number of hydrogen-bond acceptors (Lipinski definition) is 4. The molecule has 0 aliphatic carbocycles. The lowest BCUT2D eigenvalue weighted by atomic mass is 10.1. The summed E-state index contributed by atoms with van der Waals surface area (Å²) in [5.74, 6) is -1.43. The minimum Gasteiger partial charge on any atom is -0.477 e. The molecule has 0 radical (unpaired) electrons. The maximum atomic E-state index is 10.6. The highest BCUT2D eigenvalue weighted by Gasteiger charge is 2.23. The van der Waals surface area contributed by atoms with Gasteiger partial charge in [0.2, 0.25) is 0 Å². The fourth-order valence-electron chi connectivity index (χ4n) is 1.03. The van der Waals surface area contributed by atoms with Gasteiger partial charge in [-0.15, -0.1) is 0 Å². The van der Waals surface area contributed by atoms with Gasteiger partial charge in [-0.3, -0.25) is 14.9 Å². The number of rotatable bonds is 3. The van der Waals surface area contributed by atoms with Crippen LogP contribution in [0.2, 0.25) is 0 Å². The largest absolute Gasteiger partial charge is 0.477 e. The SMILES string of the molecule is O=Cc1cccc(C(=O)O)c1[N+](=O)[O-]. The average Bonchev–Trinajstić information content (AvgIpc) is 2.16. The van der Waals surface area contributed by atoms with E-state index in [1.54, 1.807) is 0 Å². The molecule has 0 amide bonds. The van der Waals surface area contributed by atoms with Gasteiger partial charge in [-0.1, -0.05) is 6.07 Å². The highest BCUT2D eigenvalue weighted by molar-refractivity contribution is 5.97. The predicted octanol–water partition coefficient (Wildman–Crippen LogP) is 1.11. The molecule has 0 saturated heterocycles. The number of carboxylic acids is 1. The van der Waals surface area contributed by atoms with Crippen molar-refractivity contribution in [1.82, 2.24) is 0 Å². The smallest absolute Gasteiger partial charge is 0.342 e. The van der Waals surface area contributed by atoms with Crippen molar-refractivity contribution in [3.63, 3.8) is 0 Å². The molecule has 0 aliphatic rings. The van der Waals surface area contributed by atoms with Gasteiger partial charge in [0, 0.05) is 0 Å². The number of aromatic carboxylic acids is 1. The Balaban J connectivity index is 3.51. The molecule has 0 atom stereocenters. The van der Waals surface area contributed by atoms with Crippen molar-refractivity contribution < 1.29 is 19.6 Å². The van der Waals surface area contributed by atoms with Crippen LogP contribution in [-0.2, 0) is 0 Å². The predicted molar refractivity (Wildman–Crippen MR) is 45.4 cm³/mol. The molecular formula is C8H5NO5. The van der Waals surface area contributed by atoms with Crippen LogP contribution in [0.5, 0.6) is 0 Å². The molecule has 0 bridgehead atoms. The van der Waals surface area contributed by atoms with Crippen molar-refractivity contribution in [2.75, 3.05) is 0 Å². The van der Waals surface area contributed by atoms with Gasteiger partial charge in [-0.05, 0) is 12.1 Å². The number of nitro groups is 1. The zero-order valence-electron chi connectivity index (χ0n) is 6.84. The molecule has 1 rings (SSSR count). The highest BCUT2D eigenvalue weighted by Crippen LogP contribution is 2.22. The number of aldehydes is 1. The molecule has 0 saturated carbocycles. The number of para-hydroxylation sites is 1. The number of carbonyl (C=O) groups is 2. The summed E-state index contributed by atoms with van der Waals surface area (Å²) in [5.41, 5.74) is -1.40. The first-order valence-electron chi connectivity index (χ1n) is 3.53. The molecule has 0 spiro atoms. The summed E-state index contributed by atoms with van der Waals surface area (Å²) in [6.45, 7) is 0. The monoisotopic (exact) mass is 195 g/mol. The van der Waals surface area contributed by atoms with E-state index >= 15 is 0 Å². The molecule has 6 heteroatoms. The summed E-state index contributed by atoms with van der Waals surface area (Å²) in [6, 6.07) is 3.55. The van der Waals surface area contributed by atoms with E-state index in [9.17, 15) is 19.7 Å². The van der Waals surface area contributed by atoms with Gasteiger partial charge >= 0.3 is 5.97 Å². The van der Waals surface area contributed by atoms with Crippen molar-refractivity contribution in [3.05, 3.63) is 39.4 Å². The molecule has 0 aliphatic heterocycles. The minimum atomic E-state index is -1.43. The molecule has 0 unspecified atom stereocenters. The maximum absolute atomic E-state index is 10.6. The van der Waals surface area contributed by atoms with E-state index in [0.717, 1.165) is 6.07 Å². The molecular weight excluding hydrogens is 190 g/mol. The Morgan fingerprint density at radius 3 is 2.57 bits per heavy atom. The molecule has 0 aromatic heterocycles. The van der Waals surface area contributed by atoms with Crippen molar-refractivity contribution in [2.45, 2.75) is 0 Å². The topological polar surface area (TPSA) is 97.5 Å². The highest BCUT2D eigenvalue weighted by atomic mass is 16.6. The third-order valence-corrected chi connectivity index (χ3v) is 1.61. The lowest BCUT2D eigenvalue weighted by Gasteiger charge is -1.98. The summed E-state index contributed by atoms with van der Waals surface area (Å²) in [6.07, 6.45) is 0.255.